The lowest BCUT2D eigenvalue weighted by Gasteiger charge is -2.28. The van der Waals surface area contributed by atoms with Gasteiger partial charge in [-0.1, -0.05) is 31.9 Å². The minimum absolute atomic E-state index is 0.0302. The highest BCUT2D eigenvalue weighted by Gasteiger charge is 2.24. The number of benzene rings is 2. The molecule has 0 heterocycles. The maximum Gasteiger partial charge on any atom is 0.338 e. The highest BCUT2D eigenvalue weighted by atomic mass is 16.5. The van der Waals surface area contributed by atoms with E-state index in [-0.39, 0.29) is 30.7 Å². The molecule has 0 spiro atoms. The Balaban J connectivity index is 1.49. The zero-order valence-corrected chi connectivity index (χ0v) is 22.0. The Bertz CT molecular complexity index is 1020. The van der Waals surface area contributed by atoms with Crippen LogP contribution in [0.5, 0.6) is 0 Å². The van der Waals surface area contributed by atoms with Crippen molar-refractivity contribution in [3.8, 4) is 0 Å². The summed E-state index contributed by atoms with van der Waals surface area (Å²) >= 11 is 0. The number of ether oxygens (including phenoxy) is 3. The number of carbonyl (C=O) groups excluding carboxylic acids is 2. The van der Waals surface area contributed by atoms with Gasteiger partial charge in [-0.3, -0.25) is 0 Å². The number of rotatable bonds is 12. The summed E-state index contributed by atoms with van der Waals surface area (Å²) < 4.78 is 16.9. The Hall–Kier alpha value is -3.32. The predicted molar refractivity (Wildman–Crippen MR) is 147 cm³/mol. The normalized spacial score (nSPS) is 18.4. The van der Waals surface area contributed by atoms with Gasteiger partial charge >= 0.3 is 11.9 Å². The molecule has 4 N–H and O–H groups in total. The number of nitrogens with two attached hydrogens (primary N) is 2. The van der Waals surface area contributed by atoms with E-state index in [0.717, 1.165) is 56.1 Å². The lowest BCUT2D eigenvalue weighted by molar-refractivity contribution is -0.138. The molecule has 200 valence electrons. The third-order valence-electron chi connectivity index (χ3n) is 6.66. The molecule has 7 heteroatoms. The lowest BCUT2D eigenvalue weighted by atomic mass is 9.93. The monoisotopic (exact) mass is 508 g/mol. The van der Waals surface area contributed by atoms with Crippen LogP contribution in [0.1, 0.15) is 86.2 Å². The fourth-order valence-electron chi connectivity index (χ4n) is 4.63. The lowest BCUT2D eigenvalue weighted by Crippen LogP contribution is -2.28. The van der Waals surface area contributed by atoms with Gasteiger partial charge in [0, 0.05) is 30.0 Å². The molecular formula is C30H40N2O5. The molecule has 0 radical (unpaired) electrons. The first-order valence-corrected chi connectivity index (χ1v) is 13.3. The van der Waals surface area contributed by atoms with Gasteiger partial charge in [0.25, 0.3) is 0 Å². The minimum atomic E-state index is -0.426. The third kappa shape index (κ3) is 9.25. The molecule has 1 saturated carbocycles. The van der Waals surface area contributed by atoms with Crippen molar-refractivity contribution >= 4 is 29.4 Å². The maximum atomic E-state index is 12.5. The zero-order chi connectivity index (χ0) is 26.6. The van der Waals surface area contributed by atoms with E-state index in [4.69, 9.17) is 25.7 Å². The van der Waals surface area contributed by atoms with Crippen molar-refractivity contribution in [1.82, 2.24) is 0 Å². The van der Waals surface area contributed by atoms with E-state index in [2.05, 4.69) is 6.92 Å². The molecule has 0 saturated heterocycles. The average molecular weight is 509 g/mol. The summed E-state index contributed by atoms with van der Waals surface area (Å²) in [4.78, 5) is 24.9. The number of unbranched alkanes of at least 4 members (excludes halogenated alkanes) is 1. The average Bonchev–Trinajstić information content (AvgIpc) is 2.88. The van der Waals surface area contributed by atoms with Crippen LogP contribution in [0, 0.1) is 0 Å². The first-order valence-electron chi connectivity index (χ1n) is 13.3. The summed E-state index contributed by atoms with van der Waals surface area (Å²) in [7, 11) is 0. The second-order valence-corrected chi connectivity index (χ2v) is 9.62. The highest BCUT2D eigenvalue weighted by Crippen LogP contribution is 2.27. The number of anilines is 2. The van der Waals surface area contributed by atoms with E-state index < -0.39 is 5.97 Å². The molecule has 0 aromatic heterocycles. The first-order chi connectivity index (χ1) is 17.9. The molecule has 7 nitrogen and oxygen atoms in total. The predicted octanol–water partition coefficient (Wildman–Crippen LogP) is 5.89. The molecule has 1 aliphatic rings. The van der Waals surface area contributed by atoms with Crippen molar-refractivity contribution in [2.75, 3.05) is 24.7 Å². The molecule has 1 fully saturated rings. The van der Waals surface area contributed by atoms with E-state index in [9.17, 15) is 9.59 Å². The van der Waals surface area contributed by atoms with E-state index >= 15 is 0 Å². The Morgan fingerprint density at radius 2 is 1.62 bits per heavy atom. The van der Waals surface area contributed by atoms with Gasteiger partial charge in [0.2, 0.25) is 0 Å². The first kappa shape index (κ1) is 28.3. The number of nitrogen functional groups attached to an aromatic ring is 2. The molecule has 0 aliphatic heterocycles. The number of esters is 2. The fraction of sp³-hybridized carbons (Fsp3) is 0.467. The fourth-order valence-corrected chi connectivity index (χ4v) is 4.63. The van der Waals surface area contributed by atoms with Crippen LogP contribution in [0.3, 0.4) is 0 Å². The van der Waals surface area contributed by atoms with Gasteiger partial charge in [-0.15, -0.1) is 0 Å². The van der Waals surface area contributed by atoms with Gasteiger partial charge in [-0.05, 0) is 86.6 Å². The van der Waals surface area contributed by atoms with Crippen LogP contribution >= 0.6 is 0 Å². The van der Waals surface area contributed by atoms with Crippen LogP contribution < -0.4 is 11.5 Å². The van der Waals surface area contributed by atoms with E-state index in [0.29, 0.717) is 23.5 Å². The highest BCUT2D eigenvalue weighted by molar-refractivity contribution is 5.90. The van der Waals surface area contributed by atoms with Gasteiger partial charge in [-0.25, -0.2) is 9.59 Å². The SMILES string of the molecule is CCCCC(COC(=O)C=Cc1ccc(C(=O)OC2CCC(OCC)CC2)cc1)c1cc(N)cc(N)c1. The third-order valence-corrected chi connectivity index (χ3v) is 6.66. The molecule has 1 unspecified atom stereocenters. The van der Waals surface area contributed by atoms with Crippen molar-refractivity contribution in [2.24, 2.45) is 0 Å². The van der Waals surface area contributed by atoms with Gasteiger partial charge in [-0.2, -0.15) is 0 Å². The molecule has 0 amide bonds. The van der Waals surface area contributed by atoms with Crippen molar-refractivity contribution < 1.29 is 23.8 Å². The molecule has 37 heavy (non-hydrogen) atoms. The van der Waals surface area contributed by atoms with E-state index in [1.54, 1.807) is 36.4 Å². The van der Waals surface area contributed by atoms with E-state index in [1.807, 2.05) is 19.1 Å². The Kier molecular flexibility index (Phi) is 11.0. The van der Waals surface area contributed by atoms with Crippen molar-refractivity contribution in [3.05, 3.63) is 65.2 Å². The minimum Gasteiger partial charge on any atom is -0.462 e. The number of carbonyl (C=O) groups is 2. The van der Waals surface area contributed by atoms with E-state index in [1.165, 1.54) is 6.08 Å². The molecular weight excluding hydrogens is 468 g/mol. The van der Waals surface area contributed by atoms with Gasteiger partial charge in [0.1, 0.15) is 6.10 Å². The van der Waals surface area contributed by atoms with Crippen LogP contribution in [-0.4, -0.2) is 37.4 Å². The van der Waals surface area contributed by atoms with Crippen LogP contribution in [0.15, 0.2) is 48.5 Å². The standard InChI is InChI=1S/C30H40N2O5/c1-3-5-6-23(24-17-25(31)19-26(32)18-24)20-36-29(33)16-9-21-7-10-22(11-8-21)30(34)37-28-14-12-27(13-15-28)35-4-2/h7-11,16-19,23,27-28H,3-6,12-15,20,31-32H2,1-2H3. The summed E-state index contributed by atoms with van der Waals surface area (Å²) in [5.41, 5.74) is 15.4. The second-order valence-electron chi connectivity index (χ2n) is 9.62. The summed E-state index contributed by atoms with van der Waals surface area (Å²) in [6, 6.07) is 12.5. The summed E-state index contributed by atoms with van der Waals surface area (Å²) in [6.45, 7) is 5.09. The van der Waals surface area contributed by atoms with Gasteiger partial charge in [0.15, 0.2) is 0 Å². The molecule has 2 aromatic rings. The van der Waals surface area contributed by atoms with Crippen LogP contribution in [0.25, 0.3) is 6.08 Å². The smallest absolute Gasteiger partial charge is 0.338 e. The maximum absolute atomic E-state index is 12.5. The summed E-state index contributed by atoms with van der Waals surface area (Å²) in [5, 5.41) is 0. The van der Waals surface area contributed by atoms with Crippen molar-refractivity contribution in [3.63, 3.8) is 0 Å². The topological polar surface area (TPSA) is 114 Å². The van der Waals surface area contributed by atoms with Crippen molar-refractivity contribution in [2.45, 2.75) is 76.9 Å². The number of hydrogen-bond donors (Lipinski definition) is 2. The summed E-state index contributed by atoms with van der Waals surface area (Å²) in [5.74, 6) is -0.720. The molecule has 1 atom stereocenters. The zero-order valence-electron chi connectivity index (χ0n) is 22.0. The van der Waals surface area contributed by atoms with Crippen molar-refractivity contribution in [1.29, 1.82) is 0 Å². The van der Waals surface area contributed by atoms with Gasteiger partial charge in [0.05, 0.1) is 18.3 Å². The Morgan fingerprint density at radius 1 is 0.973 bits per heavy atom. The number of hydrogen-bond acceptors (Lipinski definition) is 7. The Labute approximate surface area is 220 Å². The Morgan fingerprint density at radius 3 is 2.24 bits per heavy atom. The second kappa shape index (κ2) is 14.4. The van der Waals surface area contributed by atoms with Crippen LogP contribution in [0.2, 0.25) is 0 Å². The quantitative estimate of drug-likeness (QED) is 0.209. The largest absolute Gasteiger partial charge is 0.462 e. The molecule has 0 bridgehead atoms. The van der Waals surface area contributed by atoms with Crippen LogP contribution in [-0.2, 0) is 19.0 Å². The van der Waals surface area contributed by atoms with Gasteiger partial charge < -0.3 is 25.7 Å². The molecule has 2 aromatic carbocycles. The molecule has 1 aliphatic carbocycles. The molecule has 3 rings (SSSR count). The summed E-state index contributed by atoms with van der Waals surface area (Å²) in [6.07, 6.45) is 9.68. The van der Waals surface area contributed by atoms with Crippen LogP contribution in [0.4, 0.5) is 11.4 Å².